The molecule has 0 aliphatic heterocycles. The van der Waals surface area contributed by atoms with E-state index in [9.17, 15) is 24.3 Å². The summed E-state index contributed by atoms with van der Waals surface area (Å²) in [5.74, 6) is -4.12. The molecule has 0 radical (unpaired) electrons. The van der Waals surface area contributed by atoms with Gasteiger partial charge in [0.05, 0.1) is 12.5 Å². The number of amides is 2. The fourth-order valence-corrected chi connectivity index (χ4v) is 2.59. The molecule has 0 heterocycles. The number of rotatable bonds is 11. The van der Waals surface area contributed by atoms with Crippen LogP contribution in [-0.4, -0.2) is 52.1 Å². The molecule has 0 aromatic heterocycles. The fraction of sp³-hybridized carbons (Fsp3) is 0.474. The van der Waals surface area contributed by atoms with Crippen molar-refractivity contribution in [2.75, 3.05) is 0 Å². The highest BCUT2D eigenvalue weighted by atomic mass is 16.4. The van der Waals surface area contributed by atoms with E-state index in [0.717, 1.165) is 5.56 Å². The van der Waals surface area contributed by atoms with Crippen molar-refractivity contribution in [3.05, 3.63) is 35.9 Å². The van der Waals surface area contributed by atoms with Crippen LogP contribution in [0.15, 0.2) is 30.3 Å². The van der Waals surface area contributed by atoms with Crippen molar-refractivity contribution >= 4 is 23.8 Å². The van der Waals surface area contributed by atoms with Crippen molar-refractivity contribution in [3.63, 3.8) is 0 Å². The second-order valence-corrected chi connectivity index (χ2v) is 6.98. The standard InChI is InChI=1S/C19H27N3O6/c1-11(2)8-15(19(27)28)22-18(26)14(10-16(23)24)21-17(25)13(20)9-12-6-4-3-5-7-12/h3-7,11,13-15H,8-10,20H2,1-2H3,(H,21,25)(H,22,26)(H,23,24)(H,27,28)/t13-,14-,15-/m0/s1. The quantitative estimate of drug-likeness (QED) is 0.357. The molecule has 0 saturated heterocycles. The Labute approximate surface area is 163 Å². The van der Waals surface area contributed by atoms with Gasteiger partial charge >= 0.3 is 11.9 Å². The zero-order valence-corrected chi connectivity index (χ0v) is 15.9. The van der Waals surface area contributed by atoms with E-state index in [0.29, 0.717) is 0 Å². The molecule has 2 amide bonds. The maximum atomic E-state index is 12.4. The number of carboxylic acids is 2. The first-order valence-electron chi connectivity index (χ1n) is 8.95. The van der Waals surface area contributed by atoms with Gasteiger partial charge in [-0.1, -0.05) is 44.2 Å². The van der Waals surface area contributed by atoms with Gasteiger partial charge in [0.2, 0.25) is 11.8 Å². The zero-order chi connectivity index (χ0) is 21.3. The Kier molecular flexibility index (Phi) is 9.10. The van der Waals surface area contributed by atoms with Crippen molar-refractivity contribution in [2.24, 2.45) is 11.7 Å². The molecule has 1 aromatic carbocycles. The minimum absolute atomic E-state index is 0.00629. The van der Waals surface area contributed by atoms with Gasteiger partial charge in [0.15, 0.2) is 0 Å². The van der Waals surface area contributed by atoms with Gasteiger partial charge in [-0.05, 0) is 24.3 Å². The van der Waals surface area contributed by atoms with E-state index in [1.54, 1.807) is 38.1 Å². The summed E-state index contributed by atoms with van der Waals surface area (Å²) in [7, 11) is 0. The number of carbonyl (C=O) groups is 4. The molecule has 1 aromatic rings. The maximum Gasteiger partial charge on any atom is 0.326 e. The Balaban J connectivity index is 2.80. The third kappa shape index (κ3) is 8.17. The number of aliphatic carboxylic acids is 2. The molecule has 0 bridgehead atoms. The molecule has 0 fully saturated rings. The van der Waals surface area contributed by atoms with Crippen LogP contribution in [0.4, 0.5) is 0 Å². The van der Waals surface area contributed by atoms with Crippen LogP contribution in [0.25, 0.3) is 0 Å². The molecule has 0 aliphatic rings. The lowest BCUT2D eigenvalue weighted by Crippen LogP contribution is -2.55. The summed E-state index contributed by atoms with van der Waals surface area (Å²) >= 11 is 0. The summed E-state index contributed by atoms with van der Waals surface area (Å²) < 4.78 is 0. The average Bonchev–Trinajstić information content (AvgIpc) is 2.60. The van der Waals surface area contributed by atoms with Gasteiger partial charge in [-0.3, -0.25) is 14.4 Å². The minimum atomic E-state index is -1.43. The topological polar surface area (TPSA) is 159 Å². The number of nitrogens with two attached hydrogens (primary N) is 1. The second-order valence-electron chi connectivity index (χ2n) is 6.98. The number of nitrogens with one attached hydrogen (secondary N) is 2. The molecule has 9 heteroatoms. The van der Waals surface area contributed by atoms with Crippen molar-refractivity contribution in [1.29, 1.82) is 0 Å². The van der Waals surface area contributed by atoms with E-state index in [1.165, 1.54) is 0 Å². The van der Waals surface area contributed by atoms with E-state index in [-0.39, 0.29) is 18.8 Å². The molecule has 1 rings (SSSR count). The summed E-state index contributed by atoms with van der Waals surface area (Å²) in [4.78, 5) is 47.1. The molecule has 0 saturated carbocycles. The van der Waals surface area contributed by atoms with Crippen LogP contribution in [0.2, 0.25) is 0 Å². The molecular weight excluding hydrogens is 366 g/mol. The third-order valence-electron chi connectivity index (χ3n) is 3.97. The molecule has 3 atom stereocenters. The van der Waals surface area contributed by atoms with E-state index >= 15 is 0 Å². The molecular formula is C19H27N3O6. The SMILES string of the molecule is CC(C)C[C@H](NC(=O)[C@H](CC(=O)O)NC(=O)[C@@H](N)Cc1ccccc1)C(=O)O. The molecule has 0 unspecified atom stereocenters. The van der Waals surface area contributed by atoms with Crippen LogP contribution < -0.4 is 16.4 Å². The van der Waals surface area contributed by atoms with Crippen molar-refractivity contribution in [3.8, 4) is 0 Å². The summed E-state index contributed by atoms with van der Waals surface area (Å²) in [6.07, 6.45) is -0.314. The van der Waals surface area contributed by atoms with Crippen LogP contribution >= 0.6 is 0 Å². The van der Waals surface area contributed by atoms with Gasteiger partial charge in [-0.2, -0.15) is 0 Å². The van der Waals surface area contributed by atoms with Crippen LogP contribution in [0.1, 0.15) is 32.3 Å². The Morgan fingerprint density at radius 1 is 0.964 bits per heavy atom. The van der Waals surface area contributed by atoms with Gasteiger partial charge in [-0.25, -0.2) is 4.79 Å². The lowest BCUT2D eigenvalue weighted by Gasteiger charge is -2.22. The smallest absolute Gasteiger partial charge is 0.326 e. The molecule has 6 N–H and O–H groups in total. The van der Waals surface area contributed by atoms with Crippen LogP contribution in [0.5, 0.6) is 0 Å². The highest BCUT2D eigenvalue weighted by molar-refractivity contribution is 5.94. The molecule has 0 aliphatic carbocycles. The lowest BCUT2D eigenvalue weighted by molar-refractivity contribution is -0.143. The molecule has 154 valence electrons. The predicted octanol–water partition coefficient (Wildman–Crippen LogP) is 0.131. The number of benzene rings is 1. The van der Waals surface area contributed by atoms with E-state index in [2.05, 4.69) is 10.6 Å². The molecule has 9 nitrogen and oxygen atoms in total. The lowest BCUT2D eigenvalue weighted by atomic mass is 10.0. The monoisotopic (exact) mass is 393 g/mol. The van der Waals surface area contributed by atoms with Crippen LogP contribution in [-0.2, 0) is 25.6 Å². The summed E-state index contributed by atoms with van der Waals surface area (Å²) in [6, 6.07) is 5.38. The number of hydrogen-bond acceptors (Lipinski definition) is 5. The number of hydrogen-bond donors (Lipinski definition) is 5. The van der Waals surface area contributed by atoms with Gasteiger partial charge in [0.1, 0.15) is 12.1 Å². The second kappa shape index (κ2) is 11.0. The summed E-state index contributed by atoms with van der Waals surface area (Å²) in [5, 5.41) is 22.9. The Bertz CT molecular complexity index is 692. The first-order valence-corrected chi connectivity index (χ1v) is 8.95. The third-order valence-corrected chi connectivity index (χ3v) is 3.97. The highest BCUT2D eigenvalue weighted by Crippen LogP contribution is 2.07. The normalized spacial score (nSPS) is 14.0. The largest absolute Gasteiger partial charge is 0.481 e. The first-order chi connectivity index (χ1) is 13.1. The van der Waals surface area contributed by atoms with Gasteiger partial charge in [0, 0.05) is 0 Å². The van der Waals surface area contributed by atoms with Gasteiger partial charge in [-0.15, -0.1) is 0 Å². The first kappa shape index (κ1) is 23.1. The minimum Gasteiger partial charge on any atom is -0.481 e. The van der Waals surface area contributed by atoms with E-state index < -0.39 is 48.3 Å². The number of carboxylic acid groups (broad SMARTS) is 2. The molecule has 0 spiro atoms. The zero-order valence-electron chi connectivity index (χ0n) is 15.9. The van der Waals surface area contributed by atoms with E-state index in [4.69, 9.17) is 10.8 Å². The number of carbonyl (C=O) groups excluding carboxylic acids is 2. The molecule has 28 heavy (non-hydrogen) atoms. The van der Waals surface area contributed by atoms with Crippen molar-refractivity contribution < 1.29 is 29.4 Å². The van der Waals surface area contributed by atoms with E-state index in [1.807, 2.05) is 6.07 Å². The Morgan fingerprint density at radius 2 is 1.54 bits per heavy atom. The van der Waals surface area contributed by atoms with Crippen molar-refractivity contribution in [2.45, 2.75) is 51.2 Å². The summed E-state index contributed by atoms with van der Waals surface area (Å²) in [5.41, 5.74) is 6.67. The fourth-order valence-electron chi connectivity index (χ4n) is 2.59. The summed E-state index contributed by atoms with van der Waals surface area (Å²) in [6.45, 7) is 3.59. The van der Waals surface area contributed by atoms with Crippen molar-refractivity contribution in [1.82, 2.24) is 10.6 Å². The predicted molar refractivity (Wildman–Crippen MR) is 101 cm³/mol. The Hall–Kier alpha value is -2.94. The van der Waals surface area contributed by atoms with Crippen LogP contribution in [0, 0.1) is 5.92 Å². The average molecular weight is 393 g/mol. The van der Waals surface area contributed by atoms with Crippen LogP contribution in [0.3, 0.4) is 0 Å². The Morgan fingerprint density at radius 3 is 2.04 bits per heavy atom. The van der Waals surface area contributed by atoms with Gasteiger partial charge < -0.3 is 26.6 Å². The maximum absolute atomic E-state index is 12.4. The highest BCUT2D eigenvalue weighted by Gasteiger charge is 2.29. The van der Waals surface area contributed by atoms with Gasteiger partial charge in [0.25, 0.3) is 0 Å².